The first-order valence-corrected chi connectivity index (χ1v) is 5.81. The number of aromatic nitrogens is 4. The van der Waals surface area contributed by atoms with Crippen molar-refractivity contribution in [3.63, 3.8) is 0 Å². The molecule has 0 saturated carbocycles. The number of anilines is 1. The molecule has 2 rings (SSSR count). The van der Waals surface area contributed by atoms with Crippen LogP contribution in [-0.4, -0.2) is 25.9 Å². The van der Waals surface area contributed by atoms with E-state index in [9.17, 15) is 4.79 Å². The summed E-state index contributed by atoms with van der Waals surface area (Å²) in [5.74, 6) is 0.192. The van der Waals surface area contributed by atoms with Crippen LogP contribution in [0.25, 0.3) is 11.6 Å². The van der Waals surface area contributed by atoms with Crippen molar-refractivity contribution >= 4 is 23.4 Å². The van der Waals surface area contributed by atoms with Gasteiger partial charge in [0.2, 0.25) is 5.95 Å². The zero-order valence-electron chi connectivity index (χ0n) is 11.1. The lowest BCUT2D eigenvalue weighted by atomic mass is 10.0. The lowest BCUT2D eigenvalue weighted by molar-refractivity contribution is -0.111. The largest absolute Gasteiger partial charge is 0.368 e. The van der Waals surface area contributed by atoms with Crippen LogP contribution in [0.2, 0.25) is 0 Å². The number of ketones is 1. The standard InChI is InChI=1S/C13H15N5O/c1-7-11(8(2)18-13(14)17-7)4-12(9(3)19)10-5-15-16-6-10/h4-6H,1-3H3,(H,15,16)(H2,14,17,18)/b12-4+. The van der Waals surface area contributed by atoms with Crippen molar-refractivity contribution in [3.05, 3.63) is 34.9 Å². The van der Waals surface area contributed by atoms with Crippen molar-refractivity contribution in [2.24, 2.45) is 0 Å². The Morgan fingerprint density at radius 3 is 2.42 bits per heavy atom. The number of carbonyl (C=O) groups is 1. The monoisotopic (exact) mass is 257 g/mol. The van der Waals surface area contributed by atoms with E-state index in [4.69, 9.17) is 5.73 Å². The third-order valence-electron chi connectivity index (χ3n) is 2.82. The zero-order chi connectivity index (χ0) is 14.0. The Balaban J connectivity index is 2.58. The zero-order valence-corrected chi connectivity index (χ0v) is 11.1. The molecule has 0 saturated heterocycles. The number of hydrogen-bond acceptors (Lipinski definition) is 5. The van der Waals surface area contributed by atoms with Gasteiger partial charge in [0.15, 0.2) is 5.78 Å². The second-order valence-electron chi connectivity index (χ2n) is 4.27. The number of nitrogen functional groups attached to an aromatic ring is 1. The van der Waals surface area contributed by atoms with E-state index >= 15 is 0 Å². The predicted octanol–water partition coefficient (Wildman–Crippen LogP) is 1.53. The van der Waals surface area contributed by atoms with Gasteiger partial charge in [0.1, 0.15) is 0 Å². The van der Waals surface area contributed by atoms with Gasteiger partial charge in [-0.15, -0.1) is 0 Å². The van der Waals surface area contributed by atoms with Gasteiger partial charge in [-0.1, -0.05) is 0 Å². The number of H-pyrrole nitrogens is 1. The first kappa shape index (κ1) is 12.9. The maximum Gasteiger partial charge on any atom is 0.220 e. The second-order valence-corrected chi connectivity index (χ2v) is 4.27. The molecular formula is C13H15N5O. The highest BCUT2D eigenvalue weighted by molar-refractivity contribution is 6.24. The molecule has 2 heterocycles. The molecule has 0 aliphatic carbocycles. The minimum atomic E-state index is -0.0444. The molecule has 0 unspecified atom stereocenters. The Morgan fingerprint density at radius 1 is 1.32 bits per heavy atom. The Hall–Kier alpha value is -2.50. The van der Waals surface area contributed by atoms with E-state index in [1.807, 2.05) is 13.8 Å². The molecule has 98 valence electrons. The number of allylic oxidation sites excluding steroid dienone is 1. The first-order valence-electron chi connectivity index (χ1n) is 5.81. The Bertz CT molecular complexity index is 620. The summed E-state index contributed by atoms with van der Waals surface area (Å²) in [5.41, 5.74) is 9.18. The molecule has 6 heteroatoms. The highest BCUT2D eigenvalue weighted by atomic mass is 16.1. The number of nitrogens with zero attached hydrogens (tertiary/aromatic N) is 3. The summed E-state index contributed by atoms with van der Waals surface area (Å²) in [6.45, 7) is 5.19. The molecule has 0 fully saturated rings. The maximum absolute atomic E-state index is 11.8. The lowest BCUT2D eigenvalue weighted by Gasteiger charge is -2.07. The van der Waals surface area contributed by atoms with E-state index in [1.165, 1.54) is 6.92 Å². The molecule has 0 aliphatic heterocycles. The Kier molecular flexibility index (Phi) is 3.41. The molecular weight excluding hydrogens is 242 g/mol. The van der Waals surface area contributed by atoms with E-state index in [0.29, 0.717) is 5.57 Å². The fourth-order valence-electron chi connectivity index (χ4n) is 1.89. The molecule has 3 N–H and O–H groups in total. The molecule has 2 aromatic heterocycles. The highest BCUT2D eigenvalue weighted by Gasteiger charge is 2.12. The predicted molar refractivity (Wildman–Crippen MR) is 73.1 cm³/mol. The van der Waals surface area contributed by atoms with E-state index in [2.05, 4.69) is 20.2 Å². The van der Waals surface area contributed by atoms with E-state index in [0.717, 1.165) is 22.5 Å². The fourth-order valence-corrected chi connectivity index (χ4v) is 1.89. The normalized spacial score (nSPS) is 11.6. The van der Waals surface area contributed by atoms with Gasteiger partial charge in [-0.2, -0.15) is 5.10 Å². The number of hydrogen-bond donors (Lipinski definition) is 2. The SMILES string of the molecule is CC(=O)/C(=C\c1c(C)nc(N)nc1C)c1cn[nH]c1. The molecule has 0 aliphatic rings. The van der Waals surface area contributed by atoms with Gasteiger partial charge in [-0.25, -0.2) is 9.97 Å². The molecule has 0 bridgehead atoms. The van der Waals surface area contributed by atoms with Crippen molar-refractivity contribution in [3.8, 4) is 0 Å². The number of nitrogens with one attached hydrogen (secondary N) is 1. The van der Waals surface area contributed by atoms with Gasteiger partial charge < -0.3 is 5.73 Å². The minimum absolute atomic E-state index is 0.0444. The molecule has 6 nitrogen and oxygen atoms in total. The summed E-state index contributed by atoms with van der Waals surface area (Å²) < 4.78 is 0. The fraction of sp³-hybridized carbons (Fsp3) is 0.231. The molecule has 19 heavy (non-hydrogen) atoms. The van der Waals surface area contributed by atoms with Gasteiger partial charge in [-0.3, -0.25) is 9.89 Å². The number of Topliss-reactive ketones (excluding diaryl/α,β-unsaturated/α-hetero) is 1. The van der Waals surface area contributed by atoms with Gasteiger partial charge in [0.25, 0.3) is 0 Å². The van der Waals surface area contributed by atoms with Crippen molar-refractivity contribution in [2.45, 2.75) is 20.8 Å². The first-order chi connectivity index (χ1) is 8.99. The van der Waals surface area contributed by atoms with Crippen LogP contribution in [0.4, 0.5) is 5.95 Å². The van der Waals surface area contributed by atoms with Crippen molar-refractivity contribution in [2.75, 3.05) is 5.73 Å². The summed E-state index contributed by atoms with van der Waals surface area (Å²) in [7, 11) is 0. The van der Waals surface area contributed by atoms with Crippen LogP contribution >= 0.6 is 0 Å². The van der Waals surface area contributed by atoms with Gasteiger partial charge in [-0.05, 0) is 26.8 Å². The van der Waals surface area contributed by atoms with Gasteiger partial charge >= 0.3 is 0 Å². The Labute approximate surface area is 110 Å². The molecule has 0 radical (unpaired) electrons. The molecule has 0 aromatic carbocycles. The van der Waals surface area contributed by atoms with E-state index < -0.39 is 0 Å². The number of rotatable bonds is 3. The van der Waals surface area contributed by atoms with Crippen molar-refractivity contribution < 1.29 is 4.79 Å². The molecule has 0 atom stereocenters. The highest BCUT2D eigenvalue weighted by Crippen LogP contribution is 2.21. The summed E-state index contributed by atoms with van der Waals surface area (Å²) >= 11 is 0. The average Bonchev–Trinajstić information content (AvgIpc) is 2.80. The second kappa shape index (κ2) is 5.01. The molecule has 0 spiro atoms. The third kappa shape index (κ3) is 2.67. The number of carbonyl (C=O) groups excluding carboxylic acids is 1. The summed E-state index contributed by atoms with van der Waals surface area (Å²) in [6, 6.07) is 0. The summed E-state index contributed by atoms with van der Waals surface area (Å²) in [4.78, 5) is 20.0. The number of aryl methyl sites for hydroxylation is 2. The van der Waals surface area contributed by atoms with Gasteiger partial charge in [0, 0.05) is 22.9 Å². The Morgan fingerprint density at radius 2 is 1.95 bits per heavy atom. The van der Waals surface area contributed by atoms with Gasteiger partial charge in [0.05, 0.1) is 17.6 Å². The van der Waals surface area contributed by atoms with E-state index in [-0.39, 0.29) is 11.7 Å². The summed E-state index contributed by atoms with van der Waals surface area (Å²) in [5, 5.41) is 6.55. The number of nitrogens with two attached hydrogens (primary N) is 1. The van der Waals surface area contributed by atoms with Crippen LogP contribution in [-0.2, 0) is 4.79 Å². The van der Waals surface area contributed by atoms with Crippen LogP contribution in [0, 0.1) is 13.8 Å². The third-order valence-corrected chi connectivity index (χ3v) is 2.82. The van der Waals surface area contributed by atoms with E-state index in [1.54, 1.807) is 18.5 Å². The smallest absolute Gasteiger partial charge is 0.220 e. The van der Waals surface area contributed by atoms with Crippen LogP contribution in [0.3, 0.4) is 0 Å². The average molecular weight is 257 g/mol. The lowest BCUT2D eigenvalue weighted by Crippen LogP contribution is -2.03. The quantitative estimate of drug-likeness (QED) is 0.812. The maximum atomic E-state index is 11.8. The molecule has 0 amide bonds. The van der Waals surface area contributed by atoms with Crippen LogP contribution in [0.15, 0.2) is 12.4 Å². The minimum Gasteiger partial charge on any atom is -0.368 e. The summed E-state index contributed by atoms with van der Waals surface area (Å²) in [6.07, 6.45) is 5.06. The topological polar surface area (TPSA) is 97.6 Å². The van der Waals surface area contributed by atoms with Crippen LogP contribution < -0.4 is 5.73 Å². The van der Waals surface area contributed by atoms with Crippen molar-refractivity contribution in [1.29, 1.82) is 0 Å². The van der Waals surface area contributed by atoms with Crippen molar-refractivity contribution in [1.82, 2.24) is 20.2 Å². The number of aromatic amines is 1. The van der Waals surface area contributed by atoms with Crippen LogP contribution in [0.5, 0.6) is 0 Å². The molecule has 2 aromatic rings. The van der Waals surface area contributed by atoms with Crippen LogP contribution in [0.1, 0.15) is 29.4 Å².